The standard InChI is InChI=1S/C19H29BrFN3O2S2/c1-17(2,3)27(25)24-19(5,16-14(21)8-9-15(20)23-16)13-28(26)11-7-6-10-18(28,4)12-22/h8-9,24,28H,6-7,10-11,13H2,1-5H3/t18?,19?,27-/m1/s1. The average molecular weight is 494 g/mol. The topological polar surface area (TPSA) is 88.8 Å². The molecule has 28 heavy (non-hydrogen) atoms. The van der Waals surface area contributed by atoms with Crippen molar-refractivity contribution in [3.05, 3.63) is 28.2 Å². The van der Waals surface area contributed by atoms with Crippen molar-refractivity contribution < 1.29 is 13.2 Å². The number of hydrogen-bond donors (Lipinski definition) is 2. The average Bonchev–Trinajstić information content (AvgIpc) is 2.58. The highest BCUT2D eigenvalue weighted by atomic mass is 79.9. The van der Waals surface area contributed by atoms with E-state index in [-0.39, 0.29) is 11.4 Å². The number of pyridine rings is 1. The summed E-state index contributed by atoms with van der Waals surface area (Å²) in [5.41, 5.74) is -1.20. The Bertz CT molecular complexity index is 826. The SMILES string of the molecule is CC(C[SH]1(=O)CCCCC1(C)C#N)(N[S@+]([O-])C(C)(C)C)c1nc(Br)ccc1F. The number of nitrogens with zero attached hydrogens (tertiary/aromatic N) is 2. The molecule has 1 aromatic rings. The minimum absolute atomic E-state index is 0.0201. The number of nitrogens with one attached hydrogen (secondary N) is 1. The molecule has 1 N–H and O–H groups in total. The molecule has 1 fully saturated rings. The molecule has 0 aromatic carbocycles. The van der Waals surface area contributed by atoms with Gasteiger partial charge in [-0.1, -0.05) is 16.4 Å². The molecule has 2 rings (SSSR count). The Kier molecular flexibility index (Phi) is 7.04. The van der Waals surface area contributed by atoms with Crippen molar-refractivity contribution in [1.29, 1.82) is 5.26 Å². The minimum atomic E-state index is -3.05. The van der Waals surface area contributed by atoms with Crippen LogP contribution in [0.25, 0.3) is 0 Å². The summed E-state index contributed by atoms with van der Waals surface area (Å²) in [6, 6.07) is 5.04. The fourth-order valence-electron chi connectivity index (χ4n) is 3.52. The molecular weight excluding hydrogens is 465 g/mol. The largest absolute Gasteiger partial charge is 0.598 e. The fraction of sp³-hybridized carbons (Fsp3) is 0.684. The number of nitriles is 1. The van der Waals surface area contributed by atoms with Gasteiger partial charge in [0.2, 0.25) is 0 Å². The van der Waals surface area contributed by atoms with Gasteiger partial charge in [0.25, 0.3) is 0 Å². The molecule has 0 aliphatic carbocycles. The predicted molar refractivity (Wildman–Crippen MR) is 117 cm³/mol. The Balaban J connectivity index is 2.57. The van der Waals surface area contributed by atoms with Gasteiger partial charge in [-0.25, -0.2) is 9.37 Å². The summed E-state index contributed by atoms with van der Waals surface area (Å²) in [6.45, 7) is 8.84. The van der Waals surface area contributed by atoms with Crippen molar-refractivity contribution in [1.82, 2.24) is 9.71 Å². The second-order valence-corrected chi connectivity index (χ2v) is 15.2. The van der Waals surface area contributed by atoms with Crippen molar-refractivity contribution >= 4 is 37.2 Å². The van der Waals surface area contributed by atoms with E-state index in [1.165, 1.54) is 12.1 Å². The summed E-state index contributed by atoms with van der Waals surface area (Å²) >= 11 is 1.72. The highest BCUT2D eigenvalue weighted by molar-refractivity contribution is 9.10. The minimum Gasteiger partial charge on any atom is -0.598 e. The van der Waals surface area contributed by atoms with E-state index in [2.05, 4.69) is 31.7 Å². The van der Waals surface area contributed by atoms with Crippen LogP contribution in [0, 0.1) is 17.1 Å². The van der Waals surface area contributed by atoms with Crippen LogP contribution in [0.15, 0.2) is 16.7 Å². The van der Waals surface area contributed by atoms with Crippen LogP contribution in [0.1, 0.15) is 59.6 Å². The van der Waals surface area contributed by atoms with Crippen LogP contribution >= 0.6 is 15.9 Å². The van der Waals surface area contributed by atoms with Crippen LogP contribution in [0.4, 0.5) is 4.39 Å². The van der Waals surface area contributed by atoms with Crippen LogP contribution in [0.3, 0.4) is 0 Å². The molecule has 3 atom stereocenters. The second kappa shape index (κ2) is 8.31. The van der Waals surface area contributed by atoms with Gasteiger partial charge >= 0.3 is 0 Å². The summed E-state index contributed by atoms with van der Waals surface area (Å²) < 4.78 is 43.6. The molecule has 9 heteroatoms. The number of thiol groups is 1. The van der Waals surface area contributed by atoms with Crippen molar-refractivity contribution in [3.63, 3.8) is 0 Å². The summed E-state index contributed by atoms with van der Waals surface area (Å²) in [4.78, 5) is 4.29. The normalized spacial score (nSPS) is 26.7. The Morgan fingerprint density at radius 1 is 1.43 bits per heavy atom. The van der Waals surface area contributed by atoms with E-state index >= 15 is 0 Å². The van der Waals surface area contributed by atoms with Crippen LogP contribution in [0.5, 0.6) is 0 Å². The number of aromatic nitrogens is 1. The zero-order valence-electron chi connectivity index (χ0n) is 17.0. The molecule has 2 heterocycles. The first-order valence-corrected chi connectivity index (χ1v) is 13.3. The lowest BCUT2D eigenvalue weighted by atomic mass is 10.0. The molecule has 0 spiro atoms. The van der Waals surface area contributed by atoms with Crippen LogP contribution in [0.2, 0.25) is 0 Å². The van der Waals surface area contributed by atoms with E-state index in [4.69, 9.17) is 0 Å². The third-order valence-corrected chi connectivity index (χ3v) is 11.8. The molecule has 1 aliphatic rings. The maximum atomic E-state index is 14.8. The summed E-state index contributed by atoms with van der Waals surface area (Å²) in [6.07, 6.45) is 2.16. The van der Waals surface area contributed by atoms with E-state index in [0.29, 0.717) is 16.8 Å². The molecule has 0 amide bonds. The Morgan fingerprint density at radius 2 is 2.07 bits per heavy atom. The van der Waals surface area contributed by atoms with Gasteiger partial charge in [0.15, 0.2) is 0 Å². The lowest BCUT2D eigenvalue weighted by Gasteiger charge is -2.45. The molecule has 1 aliphatic heterocycles. The molecule has 1 aromatic heterocycles. The lowest BCUT2D eigenvalue weighted by molar-refractivity contribution is 0.419. The number of hydrogen-bond acceptors (Lipinski definition) is 5. The zero-order valence-corrected chi connectivity index (χ0v) is 20.3. The fourth-order valence-corrected chi connectivity index (χ4v) is 8.55. The molecule has 0 saturated carbocycles. The molecule has 1 saturated heterocycles. The lowest BCUT2D eigenvalue weighted by Crippen LogP contribution is -2.59. The smallest absolute Gasteiger partial charge is 0.146 e. The molecule has 0 bridgehead atoms. The number of halogens is 2. The van der Waals surface area contributed by atoms with Gasteiger partial charge in [-0.3, -0.25) is 4.21 Å². The maximum Gasteiger partial charge on any atom is 0.146 e. The highest BCUT2D eigenvalue weighted by Crippen LogP contribution is 2.40. The van der Waals surface area contributed by atoms with E-state index < -0.39 is 42.1 Å². The Hall–Kier alpha value is -0.530. The predicted octanol–water partition coefficient (Wildman–Crippen LogP) is 3.73. The third kappa shape index (κ3) is 4.78. The van der Waals surface area contributed by atoms with Gasteiger partial charge in [-0.15, -0.1) is 4.72 Å². The summed E-state index contributed by atoms with van der Waals surface area (Å²) in [7, 11) is -3.05. The van der Waals surface area contributed by atoms with Gasteiger partial charge < -0.3 is 4.55 Å². The quantitative estimate of drug-likeness (QED) is 0.370. The van der Waals surface area contributed by atoms with E-state index in [9.17, 15) is 18.4 Å². The van der Waals surface area contributed by atoms with Gasteiger partial charge in [-0.05, 0) is 75.5 Å². The monoisotopic (exact) mass is 493 g/mol. The second-order valence-electron chi connectivity index (χ2n) is 8.89. The highest BCUT2D eigenvalue weighted by Gasteiger charge is 2.49. The maximum absolute atomic E-state index is 14.8. The van der Waals surface area contributed by atoms with Gasteiger partial charge in [0, 0.05) is 22.9 Å². The molecule has 158 valence electrons. The van der Waals surface area contributed by atoms with Crippen molar-refractivity contribution in [2.45, 2.75) is 68.9 Å². The van der Waals surface area contributed by atoms with Crippen LogP contribution in [-0.2, 0) is 26.8 Å². The first kappa shape index (κ1) is 23.7. The summed E-state index contributed by atoms with van der Waals surface area (Å²) in [5, 5.41) is 9.76. The molecular formula is C19H29BrFN3O2S2. The van der Waals surface area contributed by atoms with E-state index in [0.717, 1.165) is 12.8 Å². The Labute approximate surface area is 179 Å². The Morgan fingerprint density at radius 3 is 2.64 bits per heavy atom. The van der Waals surface area contributed by atoms with E-state index in [1.54, 1.807) is 13.8 Å². The molecule has 5 nitrogen and oxygen atoms in total. The van der Waals surface area contributed by atoms with Crippen LogP contribution in [-0.4, -0.2) is 34.7 Å². The van der Waals surface area contributed by atoms with Gasteiger partial charge in [0.05, 0.1) is 6.07 Å². The van der Waals surface area contributed by atoms with Crippen molar-refractivity contribution in [2.24, 2.45) is 0 Å². The van der Waals surface area contributed by atoms with Crippen molar-refractivity contribution in [3.8, 4) is 6.07 Å². The first-order chi connectivity index (χ1) is 12.8. The van der Waals surface area contributed by atoms with Gasteiger partial charge in [0.1, 0.15) is 31.1 Å². The molecule has 0 radical (unpaired) electrons. The van der Waals surface area contributed by atoms with Crippen molar-refractivity contribution in [2.75, 3.05) is 11.5 Å². The zero-order chi connectivity index (χ0) is 21.4. The van der Waals surface area contributed by atoms with E-state index in [1.807, 2.05) is 20.8 Å². The molecule has 2 unspecified atom stereocenters. The number of rotatable bonds is 5. The third-order valence-electron chi connectivity index (χ3n) is 5.35. The van der Waals surface area contributed by atoms with Crippen LogP contribution < -0.4 is 4.72 Å². The summed E-state index contributed by atoms with van der Waals surface area (Å²) in [5.74, 6) is -0.121. The first-order valence-electron chi connectivity index (χ1n) is 9.28. The van der Waals surface area contributed by atoms with Gasteiger partial charge in [-0.2, -0.15) is 5.26 Å².